The molecule has 0 aliphatic carbocycles. The smallest absolute Gasteiger partial charge is 0.169 e. The lowest BCUT2D eigenvalue weighted by Gasteiger charge is -2.15. The summed E-state index contributed by atoms with van der Waals surface area (Å²) in [6.07, 6.45) is -0.688. The minimum atomic E-state index is -0.688. The fourth-order valence-electron chi connectivity index (χ4n) is 1.86. The molecule has 2 rings (SSSR count). The Kier molecular flexibility index (Phi) is 4.24. The molecule has 0 radical (unpaired) electrons. The highest BCUT2D eigenvalue weighted by Gasteiger charge is 2.13. The highest BCUT2D eigenvalue weighted by Crippen LogP contribution is 2.35. The van der Waals surface area contributed by atoms with Gasteiger partial charge in [0.05, 0.1) is 24.8 Å². The maximum absolute atomic E-state index is 9.78. The average molecular weight is 269 g/mol. The summed E-state index contributed by atoms with van der Waals surface area (Å²) in [5, 5.41) is 18.7. The number of benzene rings is 2. The first-order valence-corrected chi connectivity index (χ1v) is 6.18. The van der Waals surface area contributed by atoms with Crippen LogP contribution in [0.2, 0.25) is 0 Å². The number of hydrogen-bond donors (Lipinski definition) is 1. The second-order valence-electron chi connectivity index (χ2n) is 4.29. The fraction of sp³-hybridized carbons (Fsp3) is 0.188. The summed E-state index contributed by atoms with van der Waals surface area (Å²) in [5.74, 6) is 1.57. The van der Waals surface area contributed by atoms with Crippen LogP contribution in [0.15, 0.2) is 42.5 Å². The first-order chi connectivity index (χ1) is 9.65. The minimum Gasteiger partial charge on any atom is -0.493 e. The Morgan fingerprint density at radius 1 is 1.10 bits per heavy atom. The largest absolute Gasteiger partial charge is 0.493 e. The van der Waals surface area contributed by atoms with Gasteiger partial charge in [-0.05, 0) is 31.2 Å². The lowest BCUT2D eigenvalue weighted by molar-refractivity contribution is 0.195. The Morgan fingerprint density at radius 3 is 2.40 bits per heavy atom. The van der Waals surface area contributed by atoms with Gasteiger partial charge in [-0.1, -0.05) is 18.2 Å². The van der Waals surface area contributed by atoms with Crippen molar-refractivity contribution >= 4 is 0 Å². The van der Waals surface area contributed by atoms with Gasteiger partial charge in [0, 0.05) is 5.56 Å². The van der Waals surface area contributed by atoms with E-state index in [4.69, 9.17) is 14.7 Å². The maximum atomic E-state index is 9.78. The summed E-state index contributed by atoms with van der Waals surface area (Å²) in [4.78, 5) is 0. The zero-order chi connectivity index (χ0) is 14.5. The zero-order valence-corrected chi connectivity index (χ0v) is 11.3. The Labute approximate surface area is 117 Å². The molecule has 0 spiro atoms. The van der Waals surface area contributed by atoms with Gasteiger partial charge >= 0.3 is 0 Å². The summed E-state index contributed by atoms with van der Waals surface area (Å²) >= 11 is 0. The summed E-state index contributed by atoms with van der Waals surface area (Å²) in [5.41, 5.74) is 1.09. The van der Waals surface area contributed by atoms with Gasteiger partial charge in [0.1, 0.15) is 5.75 Å². The van der Waals surface area contributed by atoms with E-state index < -0.39 is 6.10 Å². The van der Waals surface area contributed by atoms with Gasteiger partial charge in [-0.3, -0.25) is 0 Å². The number of rotatable bonds is 4. The van der Waals surface area contributed by atoms with E-state index in [0.29, 0.717) is 28.4 Å². The third kappa shape index (κ3) is 2.90. The highest BCUT2D eigenvalue weighted by atomic mass is 16.5. The fourth-order valence-corrected chi connectivity index (χ4v) is 1.86. The molecule has 2 aromatic rings. The number of aliphatic hydroxyl groups is 1. The number of para-hydroxylation sites is 2. The Bertz CT molecular complexity index is 644. The molecule has 0 saturated heterocycles. The van der Waals surface area contributed by atoms with Gasteiger partial charge in [-0.15, -0.1) is 0 Å². The van der Waals surface area contributed by atoms with Crippen molar-refractivity contribution in [3.8, 4) is 23.3 Å². The van der Waals surface area contributed by atoms with Crippen molar-refractivity contribution in [1.82, 2.24) is 0 Å². The topological polar surface area (TPSA) is 62.5 Å². The van der Waals surface area contributed by atoms with Crippen molar-refractivity contribution in [1.29, 1.82) is 5.26 Å². The van der Waals surface area contributed by atoms with Crippen LogP contribution in [0.4, 0.5) is 0 Å². The van der Waals surface area contributed by atoms with Gasteiger partial charge < -0.3 is 14.6 Å². The molecule has 1 atom stereocenters. The van der Waals surface area contributed by atoms with E-state index >= 15 is 0 Å². The molecular formula is C16H15NO3. The minimum absolute atomic E-state index is 0.448. The Balaban J connectivity index is 2.44. The van der Waals surface area contributed by atoms with Crippen LogP contribution in [-0.2, 0) is 0 Å². The molecule has 0 amide bonds. The predicted octanol–water partition coefficient (Wildman–Crippen LogP) is 3.41. The Hall–Kier alpha value is -2.51. The predicted molar refractivity (Wildman–Crippen MR) is 74.9 cm³/mol. The third-order valence-electron chi connectivity index (χ3n) is 2.88. The number of aliphatic hydroxyl groups excluding tert-OH is 1. The zero-order valence-electron chi connectivity index (χ0n) is 11.3. The first kappa shape index (κ1) is 13.9. The quantitative estimate of drug-likeness (QED) is 0.923. The van der Waals surface area contributed by atoms with Gasteiger partial charge in [0.2, 0.25) is 0 Å². The van der Waals surface area contributed by atoms with E-state index in [9.17, 15) is 5.11 Å². The van der Waals surface area contributed by atoms with Crippen LogP contribution in [0, 0.1) is 11.3 Å². The lowest BCUT2D eigenvalue weighted by Crippen LogP contribution is -1.98. The van der Waals surface area contributed by atoms with Crippen molar-refractivity contribution in [2.45, 2.75) is 13.0 Å². The first-order valence-electron chi connectivity index (χ1n) is 6.18. The van der Waals surface area contributed by atoms with Crippen LogP contribution in [0.25, 0.3) is 0 Å². The van der Waals surface area contributed by atoms with E-state index in [2.05, 4.69) is 6.07 Å². The normalized spacial score (nSPS) is 11.5. The van der Waals surface area contributed by atoms with Crippen LogP contribution in [0.3, 0.4) is 0 Å². The average Bonchev–Trinajstić information content (AvgIpc) is 2.47. The van der Waals surface area contributed by atoms with E-state index in [-0.39, 0.29) is 0 Å². The molecule has 0 aromatic heterocycles. The monoisotopic (exact) mass is 269 g/mol. The summed E-state index contributed by atoms with van der Waals surface area (Å²) in [7, 11) is 1.56. The SMILES string of the molecule is COc1ccccc1Oc1cc(C#N)ccc1[C@@H](C)O. The number of nitriles is 1. The molecule has 1 N–H and O–H groups in total. The summed E-state index contributed by atoms with van der Waals surface area (Å²) in [6.45, 7) is 1.65. The standard InChI is InChI=1S/C16H15NO3/c1-11(18)13-8-7-12(10-17)9-16(13)20-15-6-4-3-5-14(15)19-2/h3-9,11,18H,1-2H3/t11-/m1/s1. The van der Waals surface area contributed by atoms with Crippen molar-refractivity contribution in [2.75, 3.05) is 7.11 Å². The molecule has 4 heteroatoms. The summed E-state index contributed by atoms with van der Waals surface area (Å²) in [6, 6.07) is 14.2. The molecule has 0 heterocycles. The molecule has 102 valence electrons. The van der Waals surface area contributed by atoms with Crippen LogP contribution >= 0.6 is 0 Å². The molecule has 2 aromatic carbocycles. The van der Waals surface area contributed by atoms with Crippen molar-refractivity contribution in [2.24, 2.45) is 0 Å². The molecule has 4 nitrogen and oxygen atoms in total. The van der Waals surface area contributed by atoms with Gasteiger partial charge in [0.25, 0.3) is 0 Å². The lowest BCUT2D eigenvalue weighted by atomic mass is 10.1. The molecule has 20 heavy (non-hydrogen) atoms. The van der Waals surface area contributed by atoms with Crippen molar-refractivity contribution in [3.63, 3.8) is 0 Å². The second kappa shape index (κ2) is 6.09. The van der Waals surface area contributed by atoms with Crippen LogP contribution in [0.5, 0.6) is 17.2 Å². The Morgan fingerprint density at radius 2 is 1.80 bits per heavy atom. The van der Waals surface area contributed by atoms with Crippen molar-refractivity contribution in [3.05, 3.63) is 53.6 Å². The molecule has 0 bridgehead atoms. The number of ether oxygens (including phenoxy) is 2. The molecule has 0 saturated carbocycles. The van der Waals surface area contributed by atoms with Gasteiger partial charge in [-0.25, -0.2) is 0 Å². The van der Waals surface area contributed by atoms with E-state index in [0.717, 1.165) is 0 Å². The third-order valence-corrected chi connectivity index (χ3v) is 2.88. The highest BCUT2D eigenvalue weighted by molar-refractivity contribution is 5.48. The van der Waals surface area contributed by atoms with Crippen LogP contribution < -0.4 is 9.47 Å². The van der Waals surface area contributed by atoms with Crippen molar-refractivity contribution < 1.29 is 14.6 Å². The number of hydrogen-bond acceptors (Lipinski definition) is 4. The van der Waals surface area contributed by atoms with E-state index in [1.807, 2.05) is 12.1 Å². The molecular weight excluding hydrogens is 254 g/mol. The molecule has 0 unspecified atom stereocenters. The van der Waals surface area contributed by atoms with Crippen LogP contribution in [0.1, 0.15) is 24.2 Å². The number of methoxy groups -OCH3 is 1. The van der Waals surface area contributed by atoms with Gasteiger partial charge in [0.15, 0.2) is 11.5 Å². The maximum Gasteiger partial charge on any atom is 0.169 e. The van der Waals surface area contributed by atoms with Crippen LogP contribution in [-0.4, -0.2) is 12.2 Å². The van der Waals surface area contributed by atoms with E-state index in [1.54, 1.807) is 44.4 Å². The molecule has 0 aliphatic heterocycles. The number of nitrogens with zero attached hydrogens (tertiary/aromatic N) is 1. The van der Waals surface area contributed by atoms with E-state index in [1.165, 1.54) is 0 Å². The van der Waals surface area contributed by atoms with Gasteiger partial charge in [-0.2, -0.15) is 5.26 Å². The second-order valence-corrected chi connectivity index (χ2v) is 4.29. The summed E-state index contributed by atoms with van der Waals surface area (Å²) < 4.78 is 11.0. The molecule has 0 fully saturated rings. The molecule has 0 aliphatic rings.